The van der Waals surface area contributed by atoms with Crippen LogP contribution in [-0.4, -0.2) is 23.4 Å². The van der Waals surface area contributed by atoms with E-state index in [-0.39, 0.29) is 23.7 Å². The molecule has 20 heavy (non-hydrogen) atoms. The Morgan fingerprint density at radius 3 is 2.45 bits per heavy atom. The zero-order chi connectivity index (χ0) is 14.1. The van der Waals surface area contributed by atoms with Crippen LogP contribution in [0.3, 0.4) is 0 Å². The fraction of sp³-hybridized carbons (Fsp3) is 0.250. The van der Waals surface area contributed by atoms with Gasteiger partial charge in [0.2, 0.25) is 0 Å². The molecule has 1 aliphatic heterocycles. The Morgan fingerprint density at radius 2 is 1.75 bits per heavy atom. The van der Waals surface area contributed by atoms with Gasteiger partial charge in [-0.25, -0.2) is 0 Å². The van der Waals surface area contributed by atoms with E-state index in [0.717, 1.165) is 17.5 Å². The third kappa shape index (κ3) is 2.30. The fourth-order valence-corrected chi connectivity index (χ4v) is 2.51. The number of rotatable bonds is 2. The third-order valence-corrected chi connectivity index (χ3v) is 3.59. The Morgan fingerprint density at radius 1 is 1.05 bits per heavy atom. The van der Waals surface area contributed by atoms with Gasteiger partial charge >= 0.3 is 0 Å². The molecule has 0 aromatic heterocycles. The summed E-state index contributed by atoms with van der Waals surface area (Å²) in [5.74, 6) is 1.08. The van der Waals surface area contributed by atoms with Crippen LogP contribution in [0, 0.1) is 0 Å². The molecule has 0 bridgehead atoms. The largest absolute Gasteiger partial charge is 0.508 e. The molecule has 2 aromatic rings. The molecule has 4 nitrogen and oxygen atoms in total. The first-order chi connectivity index (χ1) is 9.67. The van der Waals surface area contributed by atoms with Crippen LogP contribution >= 0.6 is 0 Å². The maximum absolute atomic E-state index is 9.56. The minimum atomic E-state index is -0.255. The second-order valence-corrected chi connectivity index (χ2v) is 4.90. The zero-order valence-corrected chi connectivity index (χ0v) is 11.1. The molecule has 2 aromatic carbocycles. The molecule has 2 unspecified atom stereocenters. The number of aromatic hydroxyl groups is 2. The zero-order valence-electron chi connectivity index (χ0n) is 11.1. The van der Waals surface area contributed by atoms with Gasteiger partial charge in [-0.3, -0.25) is 0 Å². The Bertz CT molecular complexity index is 606. The lowest BCUT2D eigenvalue weighted by Crippen LogP contribution is -2.32. The van der Waals surface area contributed by atoms with Crippen molar-refractivity contribution in [1.29, 1.82) is 0 Å². The topological polar surface area (TPSA) is 58.9 Å². The van der Waals surface area contributed by atoms with Gasteiger partial charge in [-0.2, -0.15) is 0 Å². The Kier molecular flexibility index (Phi) is 3.24. The van der Waals surface area contributed by atoms with E-state index in [1.165, 1.54) is 0 Å². The van der Waals surface area contributed by atoms with E-state index in [2.05, 4.69) is 0 Å². The van der Waals surface area contributed by atoms with E-state index in [9.17, 15) is 10.2 Å². The van der Waals surface area contributed by atoms with Crippen LogP contribution in [0.2, 0.25) is 0 Å². The van der Waals surface area contributed by atoms with E-state index >= 15 is 0 Å². The lowest BCUT2D eigenvalue weighted by molar-refractivity contribution is -0.0115. The number of ether oxygens (including phenoxy) is 2. The molecule has 0 saturated heterocycles. The number of phenols is 2. The molecular formula is C16H16O4. The number of hydrogen-bond acceptors (Lipinski definition) is 4. The molecule has 1 heterocycles. The molecule has 2 atom stereocenters. The molecule has 3 rings (SSSR count). The molecular weight excluding hydrogens is 256 g/mol. The van der Waals surface area contributed by atoms with Crippen molar-refractivity contribution in [3.8, 4) is 17.2 Å². The van der Waals surface area contributed by atoms with Crippen molar-refractivity contribution >= 4 is 0 Å². The molecule has 0 saturated carbocycles. The van der Waals surface area contributed by atoms with Gasteiger partial charge in [-0.05, 0) is 29.3 Å². The van der Waals surface area contributed by atoms with Crippen molar-refractivity contribution < 1.29 is 19.7 Å². The van der Waals surface area contributed by atoms with E-state index in [1.807, 2.05) is 18.2 Å². The van der Waals surface area contributed by atoms with Crippen LogP contribution in [0.5, 0.6) is 17.2 Å². The predicted octanol–water partition coefficient (Wildman–Crippen LogP) is 2.79. The monoisotopic (exact) mass is 272 g/mol. The SMILES string of the molecule is COC1Cc2ccc(O)cc2OC1c1ccc(O)cc1. The summed E-state index contributed by atoms with van der Waals surface area (Å²) in [6.07, 6.45) is 0.365. The van der Waals surface area contributed by atoms with Crippen molar-refractivity contribution in [3.05, 3.63) is 53.6 Å². The molecule has 0 spiro atoms. The number of phenolic OH excluding ortho intramolecular Hbond substituents is 2. The minimum Gasteiger partial charge on any atom is -0.508 e. The lowest BCUT2D eigenvalue weighted by atomic mass is 9.94. The Hall–Kier alpha value is -2.20. The average Bonchev–Trinajstić information content (AvgIpc) is 2.46. The highest BCUT2D eigenvalue weighted by molar-refractivity contribution is 5.43. The van der Waals surface area contributed by atoms with E-state index in [4.69, 9.17) is 9.47 Å². The van der Waals surface area contributed by atoms with E-state index in [1.54, 1.807) is 31.4 Å². The first-order valence-corrected chi connectivity index (χ1v) is 6.47. The van der Waals surface area contributed by atoms with Crippen LogP contribution < -0.4 is 4.74 Å². The van der Waals surface area contributed by atoms with Crippen molar-refractivity contribution in [3.63, 3.8) is 0 Å². The Balaban J connectivity index is 1.96. The molecule has 0 aliphatic carbocycles. The maximum Gasteiger partial charge on any atom is 0.150 e. The van der Waals surface area contributed by atoms with E-state index in [0.29, 0.717) is 5.75 Å². The second-order valence-electron chi connectivity index (χ2n) is 4.90. The molecule has 4 heteroatoms. The molecule has 1 aliphatic rings. The smallest absolute Gasteiger partial charge is 0.150 e. The third-order valence-electron chi connectivity index (χ3n) is 3.59. The number of benzene rings is 2. The summed E-state index contributed by atoms with van der Waals surface area (Å²) in [6.45, 7) is 0. The minimum absolute atomic E-state index is 0.100. The standard InChI is InChI=1S/C16H16O4/c1-19-15-8-11-4-7-13(18)9-14(11)20-16(15)10-2-5-12(17)6-3-10/h2-7,9,15-18H,8H2,1H3. The van der Waals surface area contributed by atoms with Gasteiger partial charge in [0, 0.05) is 19.6 Å². The number of methoxy groups -OCH3 is 1. The first-order valence-electron chi connectivity index (χ1n) is 6.47. The van der Waals surface area contributed by atoms with Crippen molar-refractivity contribution in [2.24, 2.45) is 0 Å². The molecule has 0 amide bonds. The molecule has 0 radical (unpaired) electrons. The lowest BCUT2D eigenvalue weighted by Gasteiger charge is -2.33. The predicted molar refractivity (Wildman–Crippen MR) is 74.1 cm³/mol. The Labute approximate surface area is 117 Å². The molecule has 0 fully saturated rings. The van der Waals surface area contributed by atoms with E-state index < -0.39 is 0 Å². The summed E-state index contributed by atoms with van der Waals surface area (Å²) < 4.78 is 11.5. The molecule has 104 valence electrons. The van der Waals surface area contributed by atoms with Crippen LogP contribution in [0.15, 0.2) is 42.5 Å². The summed E-state index contributed by atoms with van der Waals surface area (Å²) in [5, 5.41) is 18.9. The van der Waals surface area contributed by atoms with Gasteiger partial charge in [0.25, 0.3) is 0 Å². The number of fused-ring (bicyclic) bond motifs is 1. The summed E-state index contributed by atoms with van der Waals surface area (Å²) in [5.41, 5.74) is 1.95. The second kappa shape index (κ2) is 5.06. The van der Waals surface area contributed by atoms with Gasteiger partial charge in [0.15, 0.2) is 6.10 Å². The summed E-state index contributed by atoms with van der Waals surface area (Å²) in [6, 6.07) is 12.0. The average molecular weight is 272 g/mol. The first kappa shape index (κ1) is 12.8. The van der Waals surface area contributed by atoms with Crippen LogP contribution in [0.1, 0.15) is 17.2 Å². The van der Waals surface area contributed by atoms with Gasteiger partial charge in [0.05, 0.1) is 0 Å². The summed E-state index contributed by atoms with van der Waals surface area (Å²) >= 11 is 0. The van der Waals surface area contributed by atoms with Crippen molar-refractivity contribution in [2.75, 3.05) is 7.11 Å². The van der Waals surface area contributed by atoms with Gasteiger partial charge in [0.1, 0.15) is 23.4 Å². The maximum atomic E-state index is 9.56. The van der Waals surface area contributed by atoms with Gasteiger partial charge in [-0.15, -0.1) is 0 Å². The highest BCUT2D eigenvalue weighted by atomic mass is 16.5. The summed E-state index contributed by atoms with van der Waals surface area (Å²) in [4.78, 5) is 0. The van der Waals surface area contributed by atoms with Crippen LogP contribution in [0.4, 0.5) is 0 Å². The normalized spacial score (nSPS) is 21.1. The van der Waals surface area contributed by atoms with Gasteiger partial charge < -0.3 is 19.7 Å². The summed E-state index contributed by atoms with van der Waals surface area (Å²) in [7, 11) is 1.66. The van der Waals surface area contributed by atoms with Crippen LogP contribution in [-0.2, 0) is 11.2 Å². The number of hydrogen-bond donors (Lipinski definition) is 2. The van der Waals surface area contributed by atoms with Gasteiger partial charge in [-0.1, -0.05) is 18.2 Å². The van der Waals surface area contributed by atoms with Crippen molar-refractivity contribution in [1.82, 2.24) is 0 Å². The molecule has 2 N–H and O–H groups in total. The quantitative estimate of drug-likeness (QED) is 0.882. The highest BCUT2D eigenvalue weighted by Crippen LogP contribution is 2.38. The fourth-order valence-electron chi connectivity index (χ4n) is 2.51. The highest BCUT2D eigenvalue weighted by Gasteiger charge is 2.31. The van der Waals surface area contributed by atoms with Crippen molar-refractivity contribution in [2.45, 2.75) is 18.6 Å². The van der Waals surface area contributed by atoms with Crippen LogP contribution in [0.25, 0.3) is 0 Å².